The molecule has 17 heavy (non-hydrogen) atoms. The van der Waals surface area contributed by atoms with Crippen LogP contribution in [0.15, 0.2) is 42.9 Å². The minimum Gasteiger partial charge on any atom is -0.391 e. The van der Waals surface area contributed by atoms with E-state index in [0.29, 0.717) is 0 Å². The van der Waals surface area contributed by atoms with Crippen molar-refractivity contribution in [2.75, 3.05) is 0 Å². The average molecular weight is 242 g/mol. The van der Waals surface area contributed by atoms with E-state index in [4.69, 9.17) is 5.11 Å². The Morgan fingerprint density at radius 3 is 2.82 bits per heavy atom. The molecule has 0 saturated carbocycles. The van der Waals surface area contributed by atoms with E-state index in [2.05, 4.69) is 16.0 Å². The predicted molar refractivity (Wildman–Crippen MR) is 68.8 cm³/mol. The molecule has 0 fully saturated rings. The zero-order valence-electron chi connectivity index (χ0n) is 9.00. The number of benzene rings is 1. The van der Waals surface area contributed by atoms with Crippen molar-refractivity contribution < 1.29 is 5.11 Å². The number of hydrogen-bond acceptors (Lipinski definition) is 4. The van der Waals surface area contributed by atoms with Crippen molar-refractivity contribution in [1.29, 1.82) is 0 Å². The van der Waals surface area contributed by atoms with E-state index < -0.39 is 0 Å². The minimum atomic E-state index is 0.0376. The number of aliphatic hydroxyl groups excluding tert-OH is 1. The van der Waals surface area contributed by atoms with Crippen molar-refractivity contribution in [2.24, 2.45) is 0 Å². The quantitative estimate of drug-likeness (QED) is 0.751. The first-order valence-electron chi connectivity index (χ1n) is 5.27. The fourth-order valence-corrected chi connectivity index (χ4v) is 2.59. The molecule has 0 bridgehead atoms. The summed E-state index contributed by atoms with van der Waals surface area (Å²) < 4.78 is 0. The van der Waals surface area contributed by atoms with Gasteiger partial charge in [0.25, 0.3) is 0 Å². The van der Waals surface area contributed by atoms with Gasteiger partial charge in [0.1, 0.15) is 5.01 Å². The number of thiazole rings is 1. The molecule has 0 aliphatic rings. The molecule has 0 amide bonds. The number of fused-ring (bicyclic) bond motifs is 1. The Labute approximate surface area is 102 Å². The van der Waals surface area contributed by atoms with Crippen LogP contribution in [-0.2, 0) is 6.61 Å². The Bertz CT molecular complexity index is 658. The van der Waals surface area contributed by atoms with Gasteiger partial charge in [0.15, 0.2) is 0 Å². The molecule has 3 aromatic rings. The Morgan fingerprint density at radius 1 is 1.12 bits per heavy atom. The van der Waals surface area contributed by atoms with Gasteiger partial charge in [-0.2, -0.15) is 0 Å². The van der Waals surface area contributed by atoms with Crippen molar-refractivity contribution in [3.05, 3.63) is 47.7 Å². The van der Waals surface area contributed by atoms with Gasteiger partial charge in [0, 0.05) is 29.5 Å². The van der Waals surface area contributed by atoms with Gasteiger partial charge in [-0.3, -0.25) is 4.98 Å². The molecule has 3 rings (SSSR count). The maximum absolute atomic E-state index is 9.07. The summed E-state index contributed by atoms with van der Waals surface area (Å²) in [5.74, 6) is 0. The summed E-state index contributed by atoms with van der Waals surface area (Å²) in [6, 6.07) is 8.10. The van der Waals surface area contributed by atoms with E-state index in [0.717, 1.165) is 26.2 Å². The zero-order valence-corrected chi connectivity index (χ0v) is 9.81. The summed E-state index contributed by atoms with van der Waals surface area (Å²) in [6.07, 6.45) is 5.38. The third kappa shape index (κ3) is 1.81. The topological polar surface area (TPSA) is 46.0 Å². The molecule has 0 unspecified atom stereocenters. The molecule has 2 aromatic heterocycles. The number of rotatable bonds is 2. The van der Waals surface area contributed by atoms with Gasteiger partial charge in [0.05, 0.1) is 11.5 Å². The average Bonchev–Trinajstić information content (AvgIpc) is 2.87. The van der Waals surface area contributed by atoms with Crippen LogP contribution in [0.1, 0.15) is 4.88 Å². The molecule has 84 valence electrons. The first-order valence-corrected chi connectivity index (χ1v) is 6.09. The molecule has 0 spiro atoms. The molecule has 1 aromatic carbocycles. The Balaban J connectivity index is 2.23. The maximum Gasteiger partial charge on any atom is 0.125 e. The molecule has 0 aliphatic carbocycles. The van der Waals surface area contributed by atoms with E-state index in [1.54, 1.807) is 6.20 Å². The van der Waals surface area contributed by atoms with Crippen molar-refractivity contribution in [3.63, 3.8) is 0 Å². The van der Waals surface area contributed by atoms with Crippen LogP contribution in [0.25, 0.3) is 21.3 Å². The highest BCUT2D eigenvalue weighted by atomic mass is 32.1. The predicted octanol–water partition coefficient (Wildman–Crippen LogP) is 2.85. The zero-order chi connectivity index (χ0) is 11.7. The van der Waals surface area contributed by atoms with Gasteiger partial charge >= 0.3 is 0 Å². The smallest absolute Gasteiger partial charge is 0.125 e. The highest BCUT2D eigenvalue weighted by Crippen LogP contribution is 2.30. The van der Waals surface area contributed by atoms with E-state index >= 15 is 0 Å². The van der Waals surface area contributed by atoms with Crippen molar-refractivity contribution in [1.82, 2.24) is 9.97 Å². The Hall–Kier alpha value is -1.78. The lowest BCUT2D eigenvalue weighted by molar-refractivity contribution is 0.285. The van der Waals surface area contributed by atoms with Crippen LogP contribution in [0.4, 0.5) is 0 Å². The van der Waals surface area contributed by atoms with Crippen LogP contribution in [0, 0.1) is 0 Å². The molecular formula is C13H10N2OS. The third-order valence-corrected chi connectivity index (χ3v) is 3.62. The second-order valence-corrected chi connectivity index (χ2v) is 4.81. The summed E-state index contributed by atoms with van der Waals surface area (Å²) in [6.45, 7) is 0.0376. The minimum absolute atomic E-state index is 0.0376. The second kappa shape index (κ2) is 4.24. The van der Waals surface area contributed by atoms with Crippen molar-refractivity contribution in [2.45, 2.75) is 6.61 Å². The number of pyridine rings is 1. The molecule has 1 N–H and O–H groups in total. The van der Waals surface area contributed by atoms with Gasteiger partial charge in [-0.05, 0) is 5.39 Å². The van der Waals surface area contributed by atoms with Crippen LogP contribution in [0.2, 0.25) is 0 Å². The summed E-state index contributed by atoms with van der Waals surface area (Å²) in [5.41, 5.74) is 1.02. The summed E-state index contributed by atoms with van der Waals surface area (Å²) in [5, 5.41) is 12.2. The van der Waals surface area contributed by atoms with Gasteiger partial charge in [-0.15, -0.1) is 11.3 Å². The van der Waals surface area contributed by atoms with Gasteiger partial charge in [-0.1, -0.05) is 24.3 Å². The SMILES string of the molecule is OCc1cnc(-c2cncc3ccccc23)s1. The summed E-state index contributed by atoms with van der Waals surface area (Å²) >= 11 is 1.50. The third-order valence-electron chi connectivity index (χ3n) is 2.61. The lowest BCUT2D eigenvalue weighted by Gasteiger charge is -2.01. The second-order valence-electron chi connectivity index (χ2n) is 3.70. The molecular weight excluding hydrogens is 232 g/mol. The fraction of sp³-hybridized carbons (Fsp3) is 0.0769. The molecule has 2 heterocycles. The lowest BCUT2D eigenvalue weighted by atomic mass is 10.1. The first kappa shape index (κ1) is 10.4. The Kier molecular flexibility index (Phi) is 2.59. The number of nitrogens with zero attached hydrogens (tertiary/aromatic N) is 2. The number of aliphatic hydroxyl groups is 1. The molecule has 3 nitrogen and oxygen atoms in total. The van der Waals surface area contributed by atoms with Crippen LogP contribution in [-0.4, -0.2) is 15.1 Å². The highest BCUT2D eigenvalue weighted by Gasteiger charge is 2.08. The van der Waals surface area contributed by atoms with E-state index in [1.165, 1.54) is 11.3 Å². The standard InChI is InChI=1S/C13H10N2OS/c16-8-10-6-15-13(17-10)12-7-14-5-9-3-1-2-4-11(9)12/h1-7,16H,8H2. The van der Waals surface area contributed by atoms with Crippen molar-refractivity contribution >= 4 is 22.1 Å². The molecule has 4 heteroatoms. The van der Waals surface area contributed by atoms with E-state index in [1.807, 2.05) is 30.6 Å². The van der Waals surface area contributed by atoms with Crippen LogP contribution < -0.4 is 0 Å². The molecule has 0 atom stereocenters. The summed E-state index contributed by atoms with van der Waals surface area (Å²) in [7, 11) is 0. The summed E-state index contributed by atoms with van der Waals surface area (Å²) in [4.78, 5) is 9.42. The number of hydrogen-bond donors (Lipinski definition) is 1. The van der Waals surface area contributed by atoms with Gasteiger partial charge < -0.3 is 5.11 Å². The fourth-order valence-electron chi connectivity index (χ4n) is 1.79. The van der Waals surface area contributed by atoms with Crippen molar-refractivity contribution in [3.8, 4) is 10.6 Å². The van der Waals surface area contributed by atoms with Crippen LogP contribution in [0.3, 0.4) is 0 Å². The monoisotopic (exact) mass is 242 g/mol. The van der Waals surface area contributed by atoms with Crippen LogP contribution >= 0.6 is 11.3 Å². The largest absolute Gasteiger partial charge is 0.391 e. The number of aromatic nitrogens is 2. The highest BCUT2D eigenvalue weighted by molar-refractivity contribution is 7.15. The normalized spacial score (nSPS) is 10.9. The Morgan fingerprint density at radius 2 is 2.00 bits per heavy atom. The maximum atomic E-state index is 9.07. The van der Waals surface area contributed by atoms with E-state index in [-0.39, 0.29) is 6.61 Å². The van der Waals surface area contributed by atoms with Gasteiger partial charge in [0.2, 0.25) is 0 Å². The molecule has 0 radical (unpaired) electrons. The molecule has 0 aliphatic heterocycles. The molecule has 0 saturated heterocycles. The van der Waals surface area contributed by atoms with E-state index in [9.17, 15) is 0 Å². The lowest BCUT2D eigenvalue weighted by Crippen LogP contribution is -1.82. The first-order chi connectivity index (χ1) is 8.38. The van der Waals surface area contributed by atoms with Crippen LogP contribution in [0.5, 0.6) is 0 Å². The van der Waals surface area contributed by atoms with Gasteiger partial charge in [-0.25, -0.2) is 4.98 Å².